The van der Waals surface area contributed by atoms with Crippen LogP contribution in [0.15, 0.2) is 42.7 Å². The van der Waals surface area contributed by atoms with Crippen molar-refractivity contribution < 1.29 is 51.6 Å². The van der Waals surface area contributed by atoms with E-state index in [-0.39, 0.29) is 36.8 Å². The quantitative estimate of drug-likeness (QED) is 0.183. The average molecular weight is 745 g/mol. The summed E-state index contributed by atoms with van der Waals surface area (Å²) < 4.78 is 73.7. The van der Waals surface area contributed by atoms with Crippen LogP contribution in [0.25, 0.3) is 22.6 Å². The molecule has 0 amide bonds. The predicted molar refractivity (Wildman–Crippen MR) is 171 cm³/mol. The van der Waals surface area contributed by atoms with Crippen molar-refractivity contribution >= 4 is 23.7 Å². The van der Waals surface area contributed by atoms with Crippen LogP contribution in [0, 0.1) is 28.8 Å². The highest BCUT2D eigenvalue weighted by molar-refractivity contribution is 8.00. The highest BCUT2D eigenvalue weighted by Crippen LogP contribution is 2.42. The number of methoxy groups -OCH3 is 1. The molecule has 52 heavy (non-hydrogen) atoms. The Balaban J connectivity index is 1.30. The topological polar surface area (TPSA) is 199 Å². The molecular weight excluding hydrogens is 713 g/mol. The van der Waals surface area contributed by atoms with Gasteiger partial charge in [0.15, 0.2) is 23.6 Å². The summed E-state index contributed by atoms with van der Waals surface area (Å²) in [5, 5.41) is 36.7. The molecule has 20 heteroatoms. The lowest BCUT2D eigenvalue weighted by Crippen LogP contribution is -2.58. The van der Waals surface area contributed by atoms with Crippen molar-refractivity contribution in [2.45, 2.75) is 61.0 Å². The molecule has 2 saturated heterocycles. The van der Waals surface area contributed by atoms with Crippen molar-refractivity contribution in [3.05, 3.63) is 65.9 Å². The van der Waals surface area contributed by atoms with Crippen molar-refractivity contribution in [2.75, 3.05) is 26.9 Å². The van der Waals surface area contributed by atoms with Gasteiger partial charge in [-0.25, -0.2) is 27.5 Å². The molecule has 2 aliphatic heterocycles. The van der Waals surface area contributed by atoms with Gasteiger partial charge >= 0.3 is 11.9 Å². The van der Waals surface area contributed by atoms with Crippen LogP contribution >= 0.6 is 11.8 Å². The molecule has 16 nitrogen and oxygen atoms in total. The lowest BCUT2D eigenvalue weighted by atomic mass is 9.96. The van der Waals surface area contributed by atoms with E-state index in [9.17, 15) is 33.1 Å². The summed E-state index contributed by atoms with van der Waals surface area (Å²) in [5.41, 5.74) is -0.122. The number of pyridine rings is 1. The molecule has 0 saturated carbocycles. The Bertz CT molecular complexity index is 1950. The molecule has 4 aromatic rings. The van der Waals surface area contributed by atoms with Crippen LogP contribution < -0.4 is 0 Å². The second-order valence-corrected chi connectivity index (χ2v) is 13.2. The van der Waals surface area contributed by atoms with Crippen molar-refractivity contribution in [2.24, 2.45) is 0 Å². The zero-order chi connectivity index (χ0) is 37.1. The molecule has 8 atom stereocenters. The van der Waals surface area contributed by atoms with Gasteiger partial charge in [0.05, 0.1) is 42.7 Å². The first-order valence-electron chi connectivity index (χ1n) is 15.7. The van der Waals surface area contributed by atoms with Crippen molar-refractivity contribution in [1.82, 2.24) is 35.0 Å². The number of hydrogen-bond donors (Lipinski definition) is 1. The van der Waals surface area contributed by atoms with Gasteiger partial charge in [0.2, 0.25) is 0 Å². The minimum Gasteiger partial charge on any atom is -0.463 e. The molecule has 0 bridgehead atoms. The molecule has 0 radical (unpaired) electrons. The normalized spacial score (nSPS) is 26.0. The molecular formula is C32H31F3N8O8S. The number of hydrogen-bond acceptors (Lipinski definition) is 15. The van der Waals surface area contributed by atoms with Gasteiger partial charge in [-0.1, -0.05) is 16.5 Å². The Labute approximate surface area is 297 Å². The highest BCUT2D eigenvalue weighted by Gasteiger charge is 2.52. The summed E-state index contributed by atoms with van der Waals surface area (Å²) >= 11 is 1.14. The number of carbonyl (C=O) groups excluding carboxylic acids is 2. The number of thioether (sulfide) groups is 1. The molecule has 2 fully saturated rings. The van der Waals surface area contributed by atoms with Crippen LogP contribution in [0.2, 0.25) is 0 Å². The minimum atomic E-state index is -1.65. The molecule has 1 aromatic carbocycles. The van der Waals surface area contributed by atoms with Crippen molar-refractivity contribution in [1.29, 1.82) is 5.26 Å². The number of aliphatic hydroxyl groups excluding tert-OH is 1. The summed E-state index contributed by atoms with van der Waals surface area (Å²) in [6.45, 7) is 2.17. The van der Waals surface area contributed by atoms with Gasteiger partial charge in [0.1, 0.15) is 59.5 Å². The number of nitriles is 1. The Morgan fingerprint density at radius 1 is 1.02 bits per heavy atom. The van der Waals surface area contributed by atoms with Crippen molar-refractivity contribution in [3.8, 4) is 28.7 Å². The SMILES string of the molecule is CO[C@@H]1[C@@H](n2cc(-c3cc(F)c(F)c(F)c3)nn2)[C@@H](OC(C)=O)[C@@H](COC(C)=O)O[C@H]1S[C@@H]1COC[C@H](n2cc(-c3cccc(C#N)n3)nn2)[C@H]1O. The van der Waals surface area contributed by atoms with E-state index in [1.54, 1.807) is 24.4 Å². The fraction of sp³-hybridized carbons (Fsp3) is 0.438. The Kier molecular flexibility index (Phi) is 11.2. The Morgan fingerprint density at radius 3 is 2.42 bits per heavy atom. The largest absolute Gasteiger partial charge is 0.463 e. The predicted octanol–water partition coefficient (Wildman–Crippen LogP) is 2.40. The molecule has 0 aliphatic carbocycles. The Morgan fingerprint density at radius 2 is 1.73 bits per heavy atom. The van der Waals surface area contributed by atoms with Gasteiger partial charge in [-0.05, 0) is 24.3 Å². The first-order chi connectivity index (χ1) is 25.0. The number of halogens is 3. The van der Waals surface area contributed by atoms with Gasteiger partial charge in [0, 0.05) is 26.5 Å². The second-order valence-electron chi connectivity index (χ2n) is 11.8. The minimum absolute atomic E-state index is 0.0397. The maximum Gasteiger partial charge on any atom is 0.303 e. The van der Waals surface area contributed by atoms with Crippen LogP contribution in [-0.2, 0) is 33.3 Å². The summed E-state index contributed by atoms with van der Waals surface area (Å²) in [4.78, 5) is 28.5. The number of rotatable bonds is 10. The van der Waals surface area contributed by atoms with E-state index in [1.807, 2.05) is 6.07 Å². The third-order valence-electron chi connectivity index (χ3n) is 8.37. The van der Waals surface area contributed by atoms with Gasteiger partial charge in [-0.3, -0.25) is 9.59 Å². The first kappa shape index (κ1) is 36.8. The third-order valence-corrected chi connectivity index (χ3v) is 9.78. The van der Waals surface area contributed by atoms with E-state index >= 15 is 0 Å². The van der Waals surface area contributed by atoms with Crippen LogP contribution in [0.3, 0.4) is 0 Å². The Hall–Kier alpha value is -4.94. The number of ether oxygens (including phenoxy) is 5. The highest BCUT2D eigenvalue weighted by atomic mass is 32.2. The number of aliphatic hydroxyl groups is 1. The van der Waals surface area contributed by atoms with E-state index < -0.39 is 76.6 Å². The lowest BCUT2D eigenvalue weighted by molar-refractivity contribution is -0.208. The van der Waals surface area contributed by atoms with E-state index in [0.717, 1.165) is 23.9 Å². The average Bonchev–Trinajstić information content (AvgIpc) is 3.82. The second kappa shape index (κ2) is 15.7. The zero-order valence-electron chi connectivity index (χ0n) is 27.7. The number of esters is 2. The van der Waals surface area contributed by atoms with Crippen molar-refractivity contribution in [3.63, 3.8) is 0 Å². The smallest absolute Gasteiger partial charge is 0.303 e. The van der Waals surface area contributed by atoms with Gasteiger partial charge < -0.3 is 28.8 Å². The van der Waals surface area contributed by atoms with E-state index in [0.29, 0.717) is 11.4 Å². The number of aromatic nitrogens is 7. The van der Waals surface area contributed by atoms with Gasteiger partial charge in [-0.2, -0.15) is 5.26 Å². The number of carbonyl (C=O) groups is 2. The fourth-order valence-corrected chi connectivity index (χ4v) is 7.45. The third kappa shape index (κ3) is 7.78. The van der Waals surface area contributed by atoms with E-state index in [4.69, 9.17) is 23.7 Å². The number of nitrogens with zero attached hydrogens (tertiary/aromatic N) is 8. The maximum absolute atomic E-state index is 14.1. The molecule has 0 spiro atoms. The maximum atomic E-state index is 14.1. The fourth-order valence-electron chi connectivity index (χ4n) is 5.96. The standard InChI is InChI=1S/C32H31F3N8O8S/c1-15(44)49-13-25-30(50-16(2)45)28(43-10-22(38-41-43)17-7-19(33)27(35)20(34)8-17)31(47-3)32(51-25)52-26-14-48-12-24(29(26)46)42-11-23(39-40-42)21-6-4-5-18(9-36)37-21/h4-8,10-11,24-26,28-32,46H,12-14H2,1-3H3/t24-,25+,26+,28-,29+,30-,31+,32-/m0/s1. The van der Waals surface area contributed by atoms with Crippen LogP contribution in [0.1, 0.15) is 31.6 Å². The molecule has 274 valence electrons. The summed E-state index contributed by atoms with van der Waals surface area (Å²) in [6, 6.07) is 6.65. The van der Waals surface area contributed by atoms with Crippen LogP contribution in [0.5, 0.6) is 0 Å². The van der Waals surface area contributed by atoms with Gasteiger partial charge in [0.25, 0.3) is 0 Å². The number of benzene rings is 1. The molecule has 3 aromatic heterocycles. The van der Waals surface area contributed by atoms with Crippen LogP contribution in [0.4, 0.5) is 13.2 Å². The summed E-state index contributed by atoms with van der Waals surface area (Å²) in [6.07, 6.45) is -1.47. The molecule has 0 unspecified atom stereocenters. The molecule has 5 heterocycles. The van der Waals surface area contributed by atoms with Gasteiger partial charge in [-0.15, -0.1) is 22.0 Å². The molecule has 6 rings (SSSR count). The first-order valence-corrected chi connectivity index (χ1v) is 16.7. The summed E-state index contributed by atoms with van der Waals surface area (Å²) in [7, 11) is 1.37. The molecule has 2 aliphatic rings. The lowest BCUT2D eigenvalue weighted by Gasteiger charge is -2.46. The molecule has 1 N–H and O–H groups in total. The van der Waals surface area contributed by atoms with Crippen LogP contribution in [-0.4, -0.2) is 114 Å². The van der Waals surface area contributed by atoms with E-state index in [1.165, 1.54) is 36.5 Å². The monoisotopic (exact) mass is 744 g/mol. The zero-order valence-corrected chi connectivity index (χ0v) is 28.5. The summed E-state index contributed by atoms with van der Waals surface area (Å²) in [5.74, 6) is -5.86. The van der Waals surface area contributed by atoms with E-state index in [2.05, 4.69) is 25.6 Å².